The second-order valence-corrected chi connectivity index (χ2v) is 7.48. The lowest BCUT2D eigenvalue weighted by Crippen LogP contribution is -2.14. The molecule has 0 fully saturated rings. The molecule has 0 aliphatic carbocycles. The van der Waals surface area contributed by atoms with Crippen LogP contribution in [0.25, 0.3) is 5.69 Å². The van der Waals surface area contributed by atoms with E-state index >= 15 is 0 Å². The molecule has 0 atom stereocenters. The van der Waals surface area contributed by atoms with E-state index in [4.69, 9.17) is 28.9 Å². The molecule has 3 N–H and O–H groups in total. The Bertz CT molecular complexity index is 1080. The number of halogens is 2. The Hall–Kier alpha value is -2.62. The van der Waals surface area contributed by atoms with Gasteiger partial charge in [-0.2, -0.15) is 5.10 Å². The highest BCUT2D eigenvalue weighted by atomic mass is 35.5. The molecule has 0 radical (unpaired) electrons. The van der Waals surface area contributed by atoms with E-state index in [1.807, 2.05) is 0 Å². The number of anilines is 1. The summed E-state index contributed by atoms with van der Waals surface area (Å²) < 4.78 is 28.7. The topological polar surface area (TPSA) is 120 Å². The molecule has 2 aromatic heterocycles. The summed E-state index contributed by atoms with van der Waals surface area (Å²) in [5.74, 6) is -0.637. The molecule has 0 saturated heterocycles. The maximum Gasteiger partial charge on any atom is 0.269 e. The van der Waals surface area contributed by atoms with Crippen LogP contribution in [0.15, 0.2) is 53.6 Å². The van der Waals surface area contributed by atoms with Crippen LogP contribution in [0.1, 0.15) is 10.5 Å². The second kappa shape index (κ2) is 6.94. The number of amides is 1. The third kappa shape index (κ3) is 3.79. The highest BCUT2D eigenvalue weighted by molar-refractivity contribution is 7.92. The van der Waals surface area contributed by atoms with Crippen LogP contribution in [-0.2, 0) is 10.0 Å². The quantitative estimate of drug-likeness (QED) is 0.624. The number of hydrogen-bond acceptors (Lipinski definition) is 5. The number of carbonyl (C=O) groups is 1. The molecule has 3 rings (SSSR count). The van der Waals surface area contributed by atoms with Gasteiger partial charge in [0.15, 0.2) is 5.15 Å². The molecule has 2 heterocycles. The Balaban J connectivity index is 1.83. The monoisotopic (exact) mass is 411 g/mol. The molecular weight excluding hydrogens is 401 g/mol. The lowest BCUT2D eigenvalue weighted by atomic mass is 10.3. The molecular formula is C15H11Cl2N5O3S. The molecule has 3 aromatic rings. The predicted molar refractivity (Wildman–Crippen MR) is 97.1 cm³/mol. The van der Waals surface area contributed by atoms with Gasteiger partial charge in [0.25, 0.3) is 15.9 Å². The van der Waals surface area contributed by atoms with Crippen LogP contribution >= 0.6 is 23.2 Å². The maximum atomic E-state index is 12.4. The first-order valence-corrected chi connectivity index (χ1v) is 9.31. The van der Waals surface area contributed by atoms with Crippen LogP contribution in [-0.4, -0.2) is 29.1 Å². The van der Waals surface area contributed by atoms with Gasteiger partial charge >= 0.3 is 0 Å². The minimum absolute atomic E-state index is 0.0906. The molecule has 1 aromatic carbocycles. The van der Waals surface area contributed by atoms with Crippen LogP contribution in [0.2, 0.25) is 10.3 Å². The average Bonchev–Trinajstić information content (AvgIpc) is 3.05. The molecule has 26 heavy (non-hydrogen) atoms. The zero-order valence-electron chi connectivity index (χ0n) is 12.9. The van der Waals surface area contributed by atoms with Gasteiger partial charge in [-0.3, -0.25) is 9.52 Å². The van der Waals surface area contributed by atoms with E-state index in [0.717, 1.165) is 0 Å². The smallest absolute Gasteiger partial charge is 0.269 e. The van der Waals surface area contributed by atoms with E-state index in [-0.39, 0.29) is 20.9 Å². The Morgan fingerprint density at radius 2 is 1.77 bits per heavy atom. The summed E-state index contributed by atoms with van der Waals surface area (Å²) in [6.07, 6.45) is 1.57. The first kappa shape index (κ1) is 18.2. The molecule has 8 nitrogen and oxygen atoms in total. The maximum absolute atomic E-state index is 12.4. The highest BCUT2D eigenvalue weighted by Gasteiger charge is 2.19. The van der Waals surface area contributed by atoms with Crippen LogP contribution < -0.4 is 10.5 Å². The number of rotatable bonds is 5. The second-order valence-electron chi connectivity index (χ2n) is 5.09. The van der Waals surface area contributed by atoms with Gasteiger partial charge in [0, 0.05) is 11.9 Å². The third-order valence-electron chi connectivity index (χ3n) is 3.30. The predicted octanol–water partition coefficient (Wildman–Crippen LogP) is 2.47. The van der Waals surface area contributed by atoms with Crippen molar-refractivity contribution in [1.29, 1.82) is 0 Å². The van der Waals surface area contributed by atoms with Crippen molar-refractivity contribution in [2.75, 3.05) is 4.72 Å². The summed E-state index contributed by atoms with van der Waals surface area (Å²) in [5.41, 5.74) is 6.21. The average molecular weight is 412 g/mol. The summed E-state index contributed by atoms with van der Waals surface area (Å²) in [6, 6.07) is 10.4. The number of hydrogen-bond donors (Lipinski definition) is 2. The normalized spacial score (nSPS) is 11.3. The zero-order valence-corrected chi connectivity index (χ0v) is 15.3. The third-order valence-corrected chi connectivity index (χ3v) is 5.32. The van der Waals surface area contributed by atoms with E-state index in [1.54, 1.807) is 18.3 Å². The molecule has 0 spiro atoms. The van der Waals surface area contributed by atoms with Crippen molar-refractivity contribution in [1.82, 2.24) is 14.8 Å². The molecule has 0 unspecified atom stereocenters. The van der Waals surface area contributed by atoms with Gasteiger partial charge in [-0.15, -0.1) is 0 Å². The van der Waals surface area contributed by atoms with Gasteiger partial charge in [-0.25, -0.2) is 18.1 Å². The fourth-order valence-corrected chi connectivity index (χ4v) is 3.81. The van der Waals surface area contributed by atoms with Crippen molar-refractivity contribution >= 4 is 44.8 Å². The van der Waals surface area contributed by atoms with E-state index in [0.29, 0.717) is 11.4 Å². The minimum Gasteiger partial charge on any atom is -0.364 e. The van der Waals surface area contributed by atoms with Crippen LogP contribution in [0, 0.1) is 0 Å². The first-order chi connectivity index (χ1) is 12.3. The Morgan fingerprint density at radius 3 is 2.35 bits per heavy atom. The van der Waals surface area contributed by atoms with Crippen molar-refractivity contribution < 1.29 is 13.2 Å². The largest absolute Gasteiger partial charge is 0.364 e. The molecule has 134 valence electrons. The first-order valence-electron chi connectivity index (χ1n) is 7.07. The Labute approximate surface area is 158 Å². The summed E-state index contributed by atoms with van der Waals surface area (Å²) >= 11 is 11.5. The van der Waals surface area contributed by atoms with Crippen molar-refractivity contribution in [3.63, 3.8) is 0 Å². The van der Waals surface area contributed by atoms with Gasteiger partial charge in [0.2, 0.25) is 0 Å². The van der Waals surface area contributed by atoms with Crippen molar-refractivity contribution in [2.24, 2.45) is 5.73 Å². The fourth-order valence-electron chi connectivity index (χ4n) is 2.09. The van der Waals surface area contributed by atoms with E-state index < -0.39 is 15.9 Å². The lowest BCUT2D eigenvalue weighted by Gasteiger charge is -2.10. The minimum atomic E-state index is -3.93. The number of pyridine rings is 1. The molecule has 11 heteroatoms. The van der Waals surface area contributed by atoms with E-state index in [9.17, 15) is 13.2 Å². The number of nitrogens with one attached hydrogen (secondary N) is 1. The lowest BCUT2D eigenvalue weighted by molar-refractivity contribution is 0.0995. The van der Waals surface area contributed by atoms with Crippen LogP contribution in [0.4, 0.5) is 5.69 Å². The number of sulfonamides is 1. The number of aromatic nitrogens is 3. The van der Waals surface area contributed by atoms with Crippen molar-refractivity contribution in [2.45, 2.75) is 4.90 Å². The fraction of sp³-hybridized carbons (Fsp3) is 0. The number of benzene rings is 1. The van der Waals surface area contributed by atoms with Gasteiger partial charge in [-0.05, 0) is 42.5 Å². The number of carbonyl (C=O) groups excluding carboxylic acids is 1. The van der Waals surface area contributed by atoms with Crippen LogP contribution in [0.5, 0.6) is 0 Å². The standard InChI is InChI=1S/C15H11Cl2N5O3S/c16-13-6-5-12(14(17)19-13)26(24,25)21-9-1-3-10(4-2-9)22-8-7-11(20-22)15(18)23/h1-8,21H,(H2,18,23). The van der Waals surface area contributed by atoms with E-state index in [1.165, 1.54) is 35.0 Å². The number of primary amides is 1. The summed E-state index contributed by atoms with van der Waals surface area (Å²) in [4.78, 5) is 14.6. The summed E-state index contributed by atoms with van der Waals surface area (Å²) in [6.45, 7) is 0. The highest BCUT2D eigenvalue weighted by Crippen LogP contribution is 2.24. The van der Waals surface area contributed by atoms with E-state index in [2.05, 4.69) is 14.8 Å². The van der Waals surface area contributed by atoms with Crippen LogP contribution in [0.3, 0.4) is 0 Å². The van der Waals surface area contributed by atoms with Gasteiger partial charge in [0.05, 0.1) is 5.69 Å². The molecule has 1 amide bonds. The summed E-state index contributed by atoms with van der Waals surface area (Å²) in [5, 5.41) is 3.88. The molecule has 0 saturated carbocycles. The Morgan fingerprint density at radius 1 is 1.08 bits per heavy atom. The SMILES string of the molecule is NC(=O)c1ccn(-c2ccc(NS(=O)(=O)c3ccc(Cl)nc3Cl)cc2)n1. The summed E-state index contributed by atoms with van der Waals surface area (Å²) in [7, 11) is -3.93. The van der Waals surface area contributed by atoms with Crippen molar-refractivity contribution in [3.8, 4) is 5.69 Å². The van der Waals surface area contributed by atoms with Crippen molar-refractivity contribution in [3.05, 3.63) is 64.7 Å². The molecule has 0 bridgehead atoms. The van der Waals surface area contributed by atoms with Gasteiger partial charge in [0.1, 0.15) is 15.7 Å². The number of nitrogens with two attached hydrogens (primary N) is 1. The Kier molecular flexibility index (Phi) is 4.86. The zero-order chi connectivity index (χ0) is 18.9. The number of nitrogens with zero attached hydrogens (tertiary/aromatic N) is 3. The molecule has 0 aliphatic rings. The molecule has 0 aliphatic heterocycles. The van der Waals surface area contributed by atoms with Gasteiger partial charge in [-0.1, -0.05) is 23.2 Å². The van der Waals surface area contributed by atoms with Gasteiger partial charge < -0.3 is 5.73 Å².